The van der Waals surface area contributed by atoms with Gasteiger partial charge in [-0.15, -0.1) is 0 Å². The highest BCUT2D eigenvalue weighted by Gasteiger charge is 2.35. The Hall–Kier alpha value is -1.13. The van der Waals surface area contributed by atoms with Gasteiger partial charge in [-0.2, -0.15) is 0 Å². The molecule has 1 N–H and O–H groups in total. The molecule has 3 rings (SSSR count). The van der Waals surface area contributed by atoms with Crippen molar-refractivity contribution in [2.75, 3.05) is 6.54 Å². The van der Waals surface area contributed by atoms with Gasteiger partial charge in [0, 0.05) is 36.9 Å². The summed E-state index contributed by atoms with van der Waals surface area (Å²) in [7, 11) is 0. The molecule has 0 amide bonds. The zero-order chi connectivity index (χ0) is 12.5. The second-order valence-electron chi connectivity index (χ2n) is 5.39. The molecule has 98 valence electrons. The molecule has 1 aromatic rings. The summed E-state index contributed by atoms with van der Waals surface area (Å²) in [5.41, 5.74) is 1.15. The van der Waals surface area contributed by atoms with E-state index in [4.69, 9.17) is 4.74 Å². The first kappa shape index (κ1) is 11.9. The second kappa shape index (κ2) is 4.86. The molecule has 0 saturated carbocycles. The van der Waals surface area contributed by atoms with Crippen molar-refractivity contribution < 1.29 is 4.74 Å². The average molecular weight is 247 g/mol. The molecule has 4 nitrogen and oxygen atoms in total. The summed E-state index contributed by atoms with van der Waals surface area (Å²) in [5.74, 6) is 0.791. The van der Waals surface area contributed by atoms with Gasteiger partial charge in [0.05, 0.1) is 0 Å². The normalized spacial score (nSPS) is 32.7. The van der Waals surface area contributed by atoms with E-state index in [1.54, 1.807) is 6.20 Å². The van der Waals surface area contributed by atoms with Crippen LogP contribution in [0, 0.1) is 0 Å². The molecular formula is C14H21N3O. The van der Waals surface area contributed by atoms with Crippen LogP contribution in [0.5, 0.6) is 5.88 Å². The van der Waals surface area contributed by atoms with Crippen LogP contribution in [-0.2, 0) is 6.54 Å². The van der Waals surface area contributed by atoms with Crippen molar-refractivity contribution in [3.05, 3.63) is 23.9 Å². The molecular weight excluding hydrogens is 226 g/mol. The third-order valence-electron chi connectivity index (χ3n) is 4.08. The van der Waals surface area contributed by atoms with E-state index in [-0.39, 0.29) is 6.23 Å². The Labute approximate surface area is 108 Å². The van der Waals surface area contributed by atoms with Gasteiger partial charge in [-0.05, 0) is 32.8 Å². The van der Waals surface area contributed by atoms with Gasteiger partial charge in [0.2, 0.25) is 5.88 Å². The Kier molecular flexibility index (Phi) is 3.22. The summed E-state index contributed by atoms with van der Waals surface area (Å²) >= 11 is 0. The van der Waals surface area contributed by atoms with Crippen LogP contribution in [0.25, 0.3) is 0 Å². The minimum absolute atomic E-state index is 0.105. The second-order valence-corrected chi connectivity index (χ2v) is 5.39. The van der Waals surface area contributed by atoms with E-state index in [2.05, 4.69) is 35.1 Å². The maximum atomic E-state index is 6.13. The van der Waals surface area contributed by atoms with Crippen molar-refractivity contribution >= 4 is 0 Å². The lowest BCUT2D eigenvalue weighted by atomic mass is 10.2. The number of hydrogen-bond acceptors (Lipinski definition) is 4. The Balaban J connectivity index is 1.82. The number of likely N-dealkylation sites (tertiary alicyclic amines) is 1. The number of nitrogens with one attached hydrogen (secondary N) is 1. The number of aromatic nitrogens is 1. The smallest absolute Gasteiger partial charge is 0.219 e. The quantitative estimate of drug-likeness (QED) is 0.820. The highest BCUT2D eigenvalue weighted by molar-refractivity contribution is 5.26. The Morgan fingerprint density at radius 3 is 2.89 bits per heavy atom. The first-order chi connectivity index (χ1) is 8.75. The highest BCUT2D eigenvalue weighted by atomic mass is 16.5. The number of pyridine rings is 1. The fraction of sp³-hybridized carbons (Fsp3) is 0.643. The molecule has 4 heteroatoms. The number of rotatable bonds is 1. The van der Waals surface area contributed by atoms with Gasteiger partial charge in [-0.1, -0.05) is 6.07 Å². The standard InChI is InChI=1S/C14H21N3O/c1-10-5-6-11(2)17(10)13-9-15-8-12-4-3-7-16-14(12)18-13/h3-4,7,10-11,13,15H,5-6,8-9H2,1-2H3. The van der Waals surface area contributed by atoms with Crippen molar-refractivity contribution in [2.24, 2.45) is 0 Å². The van der Waals surface area contributed by atoms with E-state index in [0.717, 1.165) is 24.5 Å². The summed E-state index contributed by atoms with van der Waals surface area (Å²) in [6.07, 6.45) is 4.43. The SMILES string of the molecule is CC1CCC(C)N1C1CNCc2cccnc2O1. The van der Waals surface area contributed by atoms with Crippen molar-refractivity contribution in [3.8, 4) is 5.88 Å². The summed E-state index contributed by atoms with van der Waals surface area (Å²) < 4.78 is 6.13. The van der Waals surface area contributed by atoms with Crippen LogP contribution in [0.3, 0.4) is 0 Å². The van der Waals surface area contributed by atoms with Crippen molar-refractivity contribution in [3.63, 3.8) is 0 Å². The first-order valence-electron chi connectivity index (χ1n) is 6.84. The molecule has 3 atom stereocenters. The van der Waals surface area contributed by atoms with Crippen LogP contribution < -0.4 is 10.1 Å². The van der Waals surface area contributed by atoms with Gasteiger partial charge >= 0.3 is 0 Å². The van der Waals surface area contributed by atoms with Gasteiger partial charge in [-0.3, -0.25) is 4.90 Å². The summed E-state index contributed by atoms with van der Waals surface area (Å²) in [6, 6.07) is 5.23. The van der Waals surface area contributed by atoms with Gasteiger partial charge < -0.3 is 10.1 Å². The molecule has 0 radical (unpaired) electrons. The predicted octanol–water partition coefficient (Wildman–Crippen LogP) is 1.76. The molecule has 2 aliphatic rings. The van der Waals surface area contributed by atoms with Crippen molar-refractivity contribution in [2.45, 2.75) is 51.5 Å². The zero-order valence-electron chi connectivity index (χ0n) is 11.1. The number of hydrogen-bond donors (Lipinski definition) is 1. The highest BCUT2D eigenvalue weighted by Crippen LogP contribution is 2.28. The zero-order valence-corrected chi connectivity index (χ0v) is 11.1. The summed E-state index contributed by atoms with van der Waals surface area (Å²) in [5, 5.41) is 3.46. The Morgan fingerprint density at radius 2 is 2.11 bits per heavy atom. The molecule has 18 heavy (non-hydrogen) atoms. The molecule has 1 aromatic heterocycles. The van der Waals surface area contributed by atoms with Crippen molar-refractivity contribution in [1.29, 1.82) is 0 Å². The van der Waals surface area contributed by atoms with E-state index in [1.807, 2.05) is 6.07 Å². The molecule has 1 fully saturated rings. The third-order valence-corrected chi connectivity index (χ3v) is 4.08. The molecule has 0 aromatic carbocycles. The fourth-order valence-electron chi connectivity index (χ4n) is 3.11. The Bertz CT molecular complexity index is 413. The molecule has 0 aliphatic carbocycles. The maximum Gasteiger partial charge on any atom is 0.219 e. The molecule has 2 aliphatic heterocycles. The first-order valence-corrected chi connectivity index (χ1v) is 6.84. The molecule has 1 saturated heterocycles. The summed E-state index contributed by atoms with van der Waals surface area (Å²) in [6.45, 7) is 6.29. The monoisotopic (exact) mass is 247 g/mol. The minimum Gasteiger partial charge on any atom is -0.457 e. The lowest BCUT2D eigenvalue weighted by Crippen LogP contribution is -2.49. The van der Waals surface area contributed by atoms with Crippen LogP contribution in [-0.4, -0.2) is 34.7 Å². The largest absolute Gasteiger partial charge is 0.457 e. The lowest BCUT2D eigenvalue weighted by molar-refractivity contribution is -0.000838. The van der Waals surface area contributed by atoms with Crippen LogP contribution >= 0.6 is 0 Å². The van der Waals surface area contributed by atoms with Crippen LogP contribution in [0.15, 0.2) is 18.3 Å². The average Bonchev–Trinajstić information content (AvgIpc) is 2.61. The van der Waals surface area contributed by atoms with Crippen LogP contribution in [0.1, 0.15) is 32.3 Å². The fourth-order valence-corrected chi connectivity index (χ4v) is 3.11. The van der Waals surface area contributed by atoms with Gasteiger partial charge in [0.15, 0.2) is 6.23 Å². The minimum atomic E-state index is 0.105. The van der Waals surface area contributed by atoms with E-state index in [0.29, 0.717) is 12.1 Å². The van der Waals surface area contributed by atoms with Crippen LogP contribution in [0.2, 0.25) is 0 Å². The molecule has 3 unspecified atom stereocenters. The van der Waals surface area contributed by atoms with E-state index >= 15 is 0 Å². The maximum absolute atomic E-state index is 6.13. The van der Waals surface area contributed by atoms with E-state index in [9.17, 15) is 0 Å². The lowest BCUT2D eigenvalue weighted by Gasteiger charge is -2.33. The van der Waals surface area contributed by atoms with Crippen molar-refractivity contribution in [1.82, 2.24) is 15.2 Å². The van der Waals surface area contributed by atoms with E-state index < -0.39 is 0 Å². The van der Waals surface area contributed by atoms with Gasteiger partial charge in [0.1, 0.15) is 0 Å². The van der Waals surface area contributed by atoms with E-state index in [1.165, 1.54) is 12.8 Å². The molecule has 0 bridgehead atoms. The molecule has 3 heterocycles. The Morgan fingerprint density at radius 1 is 1.33 bits per heavy atom. The number of nitrogens with zero attached hydrogens (tertiary/aromatic N) is 2. The third kappa shape index (κ3) is 2.10. The van der Waals surface area contributed by atoms with Gasteiger partial charge in [0.25, 0.3) is 0 Å². The summed E-state index contributed by atoms with van der Waals surface area (Å²) in [4.78, 5) is 6.85. The topological polar surface area (TPSA) is 37.4 Å². The number of ether oxygens (including phenoxy) is 1. The van der Waals surface area contributed by atoms with Crippen LogP contribution in [0.4, 0.5) is 0 Å². The van der Waals surface area contributed by atoms with Gasteiger partial charge in [-0.25, -0.2) is 4.98 Å². The predicted molar refractivity (Wildman–Crippen MR) is 70.4 cm³/mol. The number of fused-ring (bicyclic) bond motifs is 1. The molecule has 0 spiro atoms.